The van der Waals surface area contributed by atoms with E-state index in [9.17, 15) is 0 Å². The van der Waals surface area contributed by atoms with Crippen LogP contribution in [0.1, 0.15) is 5.56 Å². The number of nitrogens with one attached hydrogen (secondary N) is 1. The lowest BCUT2D eigenvalue weighted by Gasteiger charge is -2.00. The van der Waals surface area contributed by atoms with Crippen LogP contribution in [-0.2, 0) is 0 Å². The maximum absolute atomic E-state index is 5.54. The van der Waals surface area contributed by atoms with Gasteiger partial charge in [-0.15, -0.1) is 17.9 Å². The lowest BCUT2D eigenvalue weighted by atomic mass is 10.2. The van der Waals surface area contributed by atoms with Gasteiger partial charge in [0, 0.05) is 32.5 Å². The van der Waals surface area contributed by atoms with Gasteiger partial charge in [0.15, 0.2) is 5.76 Å². The molecule has 7 heteroatoms. The summed E-state index contributed by atoms with van der Waals surface area (Å²) in [6.07, 6.45) is 7.19. The average Bonchev–Trinajstić information content (AvgIpc) is 3.37. The van der Waals surface area contributed by atoms with Gasteiger partial charge in [0.05, 0.1) is 19.0 Å². The Hall–Kier alpha value is -2.64. The van der Waals surface area contributed by atoms with E-state index in [1.807, 2.05) is 42.1 Å². The summed E-state index contributed by atoms with van der Waals surface area (Å²) in [5, 5.41) is 7.77. The molecule has 0 unspecified atom stereocenters. The fourth-order valence-electron chi connectivity index (χ4n) is 2.60. The highest BCUT2D eigenvalue weighted by Gasteiger charge is 2.10. The quantitative estimate of drug-likeness (QED) is 0.353. The summed E-state index contributed by atoms with van der Waals surface area (Å²) >= 11 is 5.04. The molecule has 130 valence electrons. The van der Waals surface area contributed by atoms with Gasteiger partial charge in [-0.2, -0.15) is 5.10 Å². The molecule has 0 spiro atoms. The molecule has 3 aromatic heterocycles. The van der Waals surface area contributed by atoms with E-state index >= 15 is 0 Å². The Morgan fingerprint density at radius 2 is 2.27 bits per heavy atom. The molecule has 0 amide bonds. The van der Waals surface area contributed by atoms with Crippen LogP contribution < -0.4 is 4.80 Å². The van der Waals surface area contributed by atoms with Crippen molar-refractivity contribution in [3.05, 3.63) is 75.7 Å². The first-order valence-electron chi connectivity index (χ1n) is 7.93. The summed E-state index contributed by atoms with van der Waals surface area (Å²) in [7, 11) is 0. The molecule has 0 radical (unpaired) electrons. The van der Waals surface area contributed by atoms with Gasteiger partial charge in [-0.3, -0.25) is 4.99 Å². The number of rotatable bonds is 5. The molecule has 1 aromatic carbocycles. The van der Waals surface area contributed by atoms with Crippen molar-refractivity contribution in [1.29, 1.82) is 0 Å². The SMILES string of the molecule is C=CCN=c1scc(-c2ccco2)n1N=Cc1c[nH]c2ccc(Br)cc12. The monoisotopic (exact) mass is 426 g/mol. The maximum Gasteiger partial charge on any atom is 0.206 e. The molecule has 0 aliphatic heterocycles. The number of thiazole rings is 1. The number of hydrogen-bond acceptors (Lipinski definition) is 4. The molecular weight excluding hydrogens is 412 g/mol. The van der Waals surface area contributed by atoms with Crippen LogP contribution in [-0.4, -0.2) is 22.4 Å². The zero-order valence-electron chi connectivity index (χ0n) is 13.7. The zero-order chi connectivity index (χ0) is 17.9. The van der Waals surface area contributed by atoms with Crippen LogP contribution in [0.25, 0.3) is 22.4 Å². The van der Waals surface area contributed by atoms with Crippen molar-refractivity contribution in [2.75, 3.05) is 6.54 Å². The lowest BCUT2D eigenvalue weighted by molar-refractivity contribution is 0.575. The standard InChI is InChI=1S/C19H15BrN4OS/c1-2-7-21-19-24(17(12-26-19)18-4-3-8-25-18)23-11-13-10-22-16-6-5-14(20)9-15(13)16/h2-6,8-12,22H,1,7H2. The van der Waals surface area contributed by atoms with Gasteiger partial charge < -0.3 is 9.40 Å². The van der Waals surface area contributed by atoms with Crippen molar-refractivity contribution in [3.8, 4) is 11.5 Å². The number of fused-ring (bicyclic) bond motifs is 1. The summed E-state index contributed by atoms with van der Waals surface area (Å²) in [5.74, 6) is 0.750. The van der Waals surface area contributed by atoms with E-state index in [0.717, 1.165) is 37.2 Å². The van der Waals surface area contributed by atoms with Crippen molar-refractivity contribution in [2.24, 2.45) is 10.1 Å². The lowest BCUT2D eigenvalue weighted by Crippen LogP contribution is -2.12. The maximum atomic E-state index is 5.54. The highest BCUT2D eigenvalue weighted by atomic mass is 79.9. The molecule has 4 rings (SSSR count). The minimum absolute atomic E-state index is 0.535. The van der Waals surface area contributed by atoms with Gasteiger partial charge >= 0.3 is 0 Å². The molecule has 1 N–H and O–H groups in total. The Bertz CT molecular complexity index is 1150. The van der Waals surface area contributed by atoms with E-state index in [4.69, 9.17) is 4.42 Å². The fraction of sp³-hybridized carbons (Fsp3) is 0.0526. The summed E-state index contributed by atoms with van der Waals surface area (Å²) in [4.78, 5) is 8.57. The van der Waals surface area contributed by atoms with E-state index in [-0.39, 0.29) is 0 Å². The average molecular weight is 427 g/mol. The van der Waals surface area contributed by atoms with Gasteiger partial charge in [-0.25, -0.2) is 4.68 Å². The Labute approximate surface area is 162 Å². The zero-order valence-corrected chi connectivity index (χ0v) is 16.1. The normalized spacial score (nSPS) is 12.4. The second kappa shape index (κ2) is 7.31. The number of H-pyrrole nitrogens is 1. The van der Waals surface area contributed by atoms with Gasteiger partial charge in [0.1, 0.15) is 5.69 Å². The minimum atomic E-state index is 0.535. The topological polar surface area (TPSA) is 58.6 Å². The van der Waals surface area contributed by atoms with Gasteiger partial charge in [-0.1, -0.05) is 22.0 Å². The highest BCUT2D eigenvalue weighted by molar-refractivity contribution is 9.10. The first kappa shape index (κ1) is 16.8. The first-order valence-corrected chi connectivity index (χ1v) is 9.60. The van der Waals surface area contributed by atoms with Crippen molar-refractivity contribution in [1.82, 2.24) is 9.66 Å². The molecule has 0 aliphatic carbocycles. The molecule has 0 bridgehead atoms. The second-order valence-electron chi connectivity index (χ2n) is 5.50. The number of aromatic amines is 1. The molecule has 4 aromatic rings. The number of hydrogen-bond donors (Lipinski definition) is 1. The van der Waals surface area contributed by atoms with Crippen LogP contribution in [0.3, 0.4) is 0 Å². The molecule has 0 fully saturated rings. The highest BCUT2D eigenvalue weighted by Crippen LogP contribution is 2.23. The van der Waals surface area contributed by atoms with Crippen LogP contribution in [0.5, 0.6) is 0 Å². The van der Waals surface area contributed by atoms with Crippen molar-refractivity contribution >= 4 is 44.4 Å². The van der Waals surface area contributed by atoms with E-state index in [2.05, 4.69) is 43.7 Å². The third kappa shape index (κ3) is 3.23. The van der Waals surface area contributed by atoms with Gasteiger partial charge in [0.25, 0.3) is 0 Å². The van der Waals surface area contributed by atoms with Crippen molar-refractivity contribution in [3.63, 3.8) is 0 Å². The predicted octanol–water partition coefficient (Wildman–Crippen LogP) is 5.02. The summed E-state index contributed by atoms with van der Waals surface area (Å²) in [5.41, 5.74) is 2.92. The number of aromatic nitrogens is 2. The summed E-state index contributed by atoms with van der Waals surface area (Å²) in [6, 6.07) is 9.89. The Balaban J connectivity index is 1.81. The third-order valence-corrected chi connectivity index (χ3v) is 5.15. The minimum Gasteiger partial charge on any atom is -0.463 e. The van der Waals surface area contributed by atoms with E-state index in [1.165, 1.54) is 11.3 Å². The van der Waals surface area contributed by atoms with E-state index < -0.39 is 0 Å². The Kier molecular flexibility index (Phi) is 4.73. The smallest absolute Gasteiger partial charge is 0.206 e. The summed E-state index contributed by atoms with van der Waals surface area (Å²) < 4.78 is 8.36. The third-order valence-electron chi connectivity index (χ3n) is 3.80. The largest absolute Gasteiger partial charge is 0.463 e. The van der Waals surface area contributed by atoms with E-state index in [0.29, 0.717) is 6.54 Å². The molecular formula is C19H15BrN4OS. The number of halogens is 1. The molecule has 26 heavy (non-hydrogen) atoms. The first-order chi connectivity index (χ1) is 12.8. The van der Waals surface area contributed by atoms with Crippen molar-refractivity contribution < 1.29 is 4.42 Å². The molecule has 0 atom stereocenters. The van der Waals surface area contributed by atoms with Gasteiger partial charge in [0.2, 0.25) is 4.80 Å². The van der Waals surface area contributed by atoms with Gasteiger partial charge in [-0.05, 0) is 30.3 Å². The number of benzene rings is 1. The Morgan fingerprint density at radius 1 is 1.35 bits per heavy atom. The van der Waals surface area contributed by atoms with E-state index in [1.54, 1.807) is 17.0 Å². The molecule has 0 saturated carbocycles. The Morgan fingerprint density at radius 3 is 3.08 bits per heavy atom. The molecule has 3 heterocycles. The predicted molar refractivity (Wildman–Crippen MR) is 110 cm³/mol. The second-order valence-corrected chi connectivity index (χ2v) is 7.25. The fourth-order valence-corrected chi connectivity index (χ4v) is 3.79. The van der Waals surface area contributed by atoms with Crippen LogP contribution in [0, 0.1) is 0 Å². The van der Waals surface area contributed by atoms with Crippen LogP contribution in [0.4, 0.5) is 0 Å². The molecule has 0 aliphatic rings. The van der Waals surface area contributed by atoms with Crippen molar-refractivity contribution in [2.45, 2.75) is 0 Å². The van der Waals surface area contributed by atoms with Crippen LogP contribution >= 0.6 is 27.3 Å². The number of furan rings is 1. The summed E-state index contributed by atoms with van der Waals surface area (Å²) in [6.45, 7) is 4.26. The number of nitrogens with zero attached hydrogens (tertiary/aromatic N) is 3. The van der Waals surface area contributed by atoms with Crippen LogP contribution in [0.15, 0.2) is 79.8 Å². The molecule has 0 saturated heterocycles. The molecule has 5 nitrogen and oxygen atoms in total. The van der Waals surface area contributed by atoms with Crippen LogP contribution in [0.2, 0.25) is 0 Å².